The molecule has 0 aromatic carbocycles. The summed E-state index contributed by atoms with van der Waals surface area (Å²) in [6, 6.07) is 7.51. The van der Waals surface area contributed by atoms with E-state index in [9.17, 15) is 9.90 Å². The van der Waals surface area contributed by atoms with Crippen LogP contribution in [0.4, 0.5) is 0 Å². The Bertz CT molecular complexity index is 675. The second-order valence-electron chi connectivity index (χ2n) is 6.32. The average Bonchev–Trinajstić information content (AvgIpc) is 2.83. The van der Waals surface area contributed by atoms with Gasteiger partial charge in [0.15, 0.2) is 0 Å². The van der Waals surface area contributed by atoms with E-state index >= 15 is 0 Å². The molecule has 122 valence electrons. The molecule has 1 amide bonds. The van der Waals surface area contributed by atoms with Gasteiger partial charge < -0.3 is 14.8 Å². The van der Waals surface area contributed by atoms with E-state index in [1.54, 1.807) is 19.2 Å². The van der Waals surface area contributed by atoms with Gasteiger partial charge in [0.2, 0.25) is 0 Å². The first kappa shape index (κ1) is 15.7. The molecule has 0 saturated heterocycles. The van der Waals surface area contributed by atoms with E-state index in [-0.39, 0.29) is 24.0 Å². The highest BCUT2D eigenvalue weighted by molar-refractivity contribution is 5.95. The van der Waals surface area contributed by atoms with Crippen LogP contribution in [0.2, 0.25) is 0 Å². The van der Waals surface area contributed by atoms with E-state index < -0.39 is 0 Å². The smallest absolute Gasteiger partial charge is 0.255 e. The van der Waals surface area contributed by atoms with Crippen molar-refractivity contribution < 1.29 is 14.3 Å². The molecule has 2 aromatic heterocycles. The number of amides is 1. The molecule has 1 fully saturated rings. The quantitative estimate of drug-likeness (QED) is 0.888. The Morgan fingerprint density at radius 1 is 1.43 bits per heavy atom. The van der Waals surface area contributed by atoms with Crippen molar-refractivity contribution in [2.75, 3.05) is 0 Å². The molecule has 0 radical (unpaired) electrons. The van der Waals surface area contributed by atoms with Crippen molar-refractivity contribution in [1.29, 1.82) is 0 Å². The summed E-state index contributed by atoms with van der Waals surface area (Å²) in [7, 11) is 0. The van der Waals surface area contributed by atoms with E-state index in [1.807, 2.05) is 25.1 Å². The summed E-state index contributed by atoms with van der Waals surface area (Å²) < 4.78 is 5.44. The third kappa shape index (κ3) is 3.62. The lowest BCUT2D eigenvalue weighted by molar-refractivity contribution is 0.0237. The second kappa shape index (κ2) is 6.54. The van der Waals surface area contributed by atoms with Crippen LogP contribution in [-0.2, 0) is 6.42 Å². The maximum Gasteiger partial charge on any atom is 0.255 e. The van der Waals surface area contributed by atoms with Crippen molar-refractivity contribution in [2.45, 2.75) is 45.3 Å². The number of rotatable bonds is 5. The first-order valence-electron chi connectivity index (χ1n) is 7.99. The minimum Gasteiger partial charge on any atom is -0.466 e. The summed E-state index contributed by atoms with van der Waals surface area (Å²) in [5, 5.41) is 12.7. The van der Waals surface area contributed by atoms with Gasteiger partial charge in [-0.1, -0.05) is 6.07 Å². The van der Waals surface area contributed by atoms with Crippen LogP contribution in [0.3, 0.4) is 0 Å². The van der Waals surface area contributed by atoms with E-state index in [1.165, 1.54) is 0 Å². The summed E-state index contributed by atoms with van der Waals surface area (Å²) in [5.74, 6) is 1.52. The largest absolute Gasteiger partial charge is 0.466 e. The molecule has 2 N–H and O–H groups in total. The van der Waals surface area contributed by atoms with Crippen LogP contribution in [0.15, 0.2) is 34.9 Å². The molecule has 1 saturated carbocycles. The van der Waals surface area contributed by atoms with Crippen molar-refractivity contribution in [3.05, 3.63) is 53.2 Å². The zero-order chi connectivity index (χ0) is 16.4. The van der Waals surface area contributed by atoms with Crippen LogP contribution >= 0.6 is 0 Å². The van der Waals surface area contributed by atoms with Gasteiger partial charge in [0.05, 0.1) is 11.7 Å². The lowest BCUT2D eigenvalue weighted by atomic mass is 9.76. The molecule has 1 unspecified atom stereocenters. The Hall–Kier alpha value is -2.14. The number of carbonyl (C=O) groups is 1. The van der Waals surface area contributed by atoms with Crippen LogP contribution in [0.25, 0.3) is 0 Å². The molecule has 1 atom stereocenters. The number of nitrogens with one attached hydrogen (secondary N) is 1. The minimum atomic E-state index is -0.249. The Balaban J connectivity index is 1.73. The Kier molecular flexibility index (Phi) is 4.48. The SMILES string of the molecule is Cc1cc(C(=O)NC(Cc2ccccn2)C2CC(O)C2)c(C)o1. The van der Waals surface area contributed by atoms with E-state index in [4.69, 9.17) is 4.42 Å². The Morgan fingerprint density at radius 3 is 2.78 bits per heavy atom. The molecular formula is C18H22N2O3. The van der Waals surface area contributed by atoms with Gasteiger partial charge in [-0.3, -0.25) is 9.78 Å². The third-order valence-corrected chi connectivity index (χ3v) is 4.48. The Morgan fingerprint density at radius 2 is 2.22 bits per heavy atom. The molecule has 2 aromatic rings. The molecule has 23 heavy (non-hydrogen) atoms. The minimum absolute atomic E-state index is 0.0320. The predicted molar refractivity (Wildman–Crippen MR) is 86.1 cm³/mol. The summed E-state index contributed by atoms with van der Waals surface area (Å²) in [4.78, 5) is 16.9. The maximum atomic E-state index is 12.6. The van der Waals surface area contributed by atoms with Gasteiger partial charge in [0.1, 0.15) is 11.5 Å². The average molecular weight is 314 g/mol. The van der Waals surface area contributed by atoms with Gasteiger partial charge in [-0.05, 0) is 50.8 Å². The van der Waals surface area contributed by atoms with Crippen LogP contribution in [-0.4, -0.2) is 28.1 Å². The first-order valence-corrected chi connectivity index (χ1v) is 7.99. The van der Waals surface area contributed by atoms with Crippen molar-refractivity contribution in [1.82, 2.24) is 10.3 Å². The predicted octanol–water partition coefficient (Wildman–Crippen LogP) is 2.40. The third-order valence-electron chi connectivity index (χ3n) is 4.48. The number of aromatic nitrogens is 1. The van der Waals surface area contributed by atoms with E-state index in [0.717, 1.165) is 24.3 Å². The summed E-state index contributed by atoms with van der Waals surface area (Å²) >= 11 is 0. The highest BCUT2D eigenvalue weighted by atomic mass is 16.3. The molecule has 2 heterocycles. The summed E-state index contributed by atoms with van der Waals surface area (Å²) in [6.45, 7) is 3.63. The summed E-state index contributed by atoms with van der Waals surface area (Å²) in [6.07, 6.45) is 3.62. The van der Waals surface area contributed by atoms with Crippen molar-refractivity contribution in [3.63, 3.8) is 0 Å². The van der Waals surface area contributed by atoms with Crippen LogP contribution < -0.4 is 5.32 Å². The zero-order valence-electron chi connectivity index (χ0n) is 13.5. The fourth-order valence-corrected chi connectivity index (χ4v) is 3.14. The number of hydrogen-bond donors (Lipinski definition) is 2. The lowest BCUT2D eigenvalue weighted by Gasteiger charge is -2.38. The normalized spacial score (nSPS) is 21.5. The molecule has 0 bridgehead atoms. The molecular weight excluding hydrogens is 292 g/mol. The molecule has 0 spiro atoms. The van der Waals surface area contributed by atoms with Crippen LogP contribution in [0, 0.1) is 19.8 Å². The molecule has 0 aliphatic heterocycles. The van der Waals surface area contributed by atoms with E-state index in [2.05, 4.69) is 10.3 Å². The molecule has 5 nitrogen and oxygen atoms in total. The molecule has 5 heteroatoms. The van der Waals surface area contributed by atoms with Crippen molar-refractivity contribution in [3.8, 4) is 0 Å². The standard InChI is InChI=1S/C18H22N2O3/c1-11-7-16(12(2)23-11)18(22)20-17(13-8-15(21)9-13)10-14-5-3-4-6-19-14/h3-7,13,15,17,21H,8-10H2,1-2H3,(H,20,22). The van der Waals surface area contributed by atoms with Crippen molar-refractivity contribution in [2.24, 2.45) is 5.92 Å². The van der Waals surface area contributed by atoms with Gasteiger partial charge in [-0.25, -0.2) is 0 Å². The van der Waals surface area contributed by atoms with Gasteiger partial charge in [0, 0.05) is 24.4 Å². The van der Waals surface area contributed by atoms with Crippen LogP contribution in [0.5, 0.6) is 0 Å². The number of pyridine rings is 1. The highest BCUT2D eigenvalue weighted by Gasteiger charge is 2.35. The summed E-state index contributed by atoms with van der Waals surface area (Å²) in [5.41, 5.74) is 1.52. The number of aryl methyl sites for hydroxylation is 2. The van der Waals surface area contributed by atoms with Crippen molar-refractivity contribution >= 4 is 5.91 Å². The van der Waals surface area contributed by atoms with Gasteiger partial charge >= 0.3 is 0 Å². The molecule has 3 rings (SSSR count). The van der Waals surface area contributed by atoms with Gasteiger partial charge in [0.25, 0.3) is 5.91 Å². The second-order valence-corrected chi connectivity index (χ2v) is 6.32. The monoisotopic (exact) mass is 314 g/mol. The highest BCUT2D eigenvalue weighted by Crippen LogP contribution is 2.31. The Labute approximate surface area is 135 Å². The van der Waals surface area contributed by atoms with Gasteiger partial charge in [-0.2, -0.15) is 0 Å². The topological polar surface area (TPSA) is 75.4 Å². The number of furan rings is 1. The zero-order valence-corrected chi connectivity index (χ0v) is 13.5. The molecule has 1 aliphatic carbocycles. The number of aliphatic hydroxyl groups is 1. The number of hydrogen-bond acceptors (Lipinski definition) is 4. The first-order chi connectivity index (χ1) is 11.0. The van der Waals surface area contributed by atoms with Gasteiger partial charge in [-0.15, -0.1) is 0 Å². The fraction of sp³-hybridized carbons (Fsp3) is 0.444. The van der Waals surface area contributed by atoms with Crippen LogP contribution in [0.1, 0.15) is 40.4 Å². The number of nitrogens with zero attached hydrogens (tertiary/aromatic N) is 1. The number of carbonyl (C=O) groups excluding carboxylic acids is 1. The molecule has 1 aliphatic rings. The lowest BCUT2D eigenvalue weighted by Crippen LogP contribution is -2.48. The number of aliphatic hydroxyl groups excluding tert-OH is 1. The fourth-order valence-electron chi connectivity index (χ4n) is 3.14. The van der Waals surface area contributed by atoms with E-state index in [0.29, 0.717) is 17.7 Å². The maximum absolute atomic E-state index is 12.6.